The zero-order valence-corrected chi connectivity index (χ0v) is 7.14. The Hall–Kier alpha value is -1.56. The van der Waals surface area contributed by atoms with Gasteiger partial charge in [0, 0.05) is 6.07 Å². The quantitative estimate of drug-likeness (QED) is 0.552. The van der Waals surface area contributed by atoms with Crippen LogP contribution >= 0.6 is 11.6 Å². The van der Waals surface area contributed by atoms with Gasteiger partial charge in [-0.05, 0) is 0 Å². The molecule has 0 unspecified atom stereocenters. The molecule has 1 amide bonds. The third-order valence-corrected chi connectivity index (χ3v) is 1.40. The summed E-state index contributed by atoms with van der Waals surface area (Å²) in [5.74, 6) is -0.711. The van der Waals surface area contributed by atoms with Gasteiger partial charge in [0.15, 0.2) is 0 Å². The fraction of sp³-hybridized carbons (Fsp3) is 0.167. The monoisotopic (exact) mass is 203 g/mol. The van der Waals surface area contributed by atoms with Gasteiger partial charge < -0.3 is 5.32 Å². The summed E-state index contributed by atoms with van der Waals surface area (Å²) in [7, 11) is 0. The fourth-order valence-corrected chi connectivity index (χ4v) is 0.786. The molecule has 0 atom stereocenters. The molecule has 0 saturated heterocycles. The van der Waals surface area contributed by atoms with E-state index >= 15 is 0 Å². The second-order valence-electron chi connectivity index (χ2n) is 2.18. The summed E-state index contributed by atoms with van der Waals surface area (Å²) in [6.45, 7) is 0. The lowest BCUT2D eigenvalue weighted by Crippen LogP contribution is -2.25. The summed E-state index contributed by atoms with van der Waals surface area (Å²) in [5, 5.41) is 2.23. The molecule has 1 heterocycles. The largest absolute Gasteiger partial charge is 0.327 e. The van der Waals surface area contributed by atoms with Crippen LogP contribution in [0.5, 0.6) is 0 Å². The van der Waals surface area contributed by atoms with Crippen LogP contribution in [-0.2, 0) is 4.79 Å². The normalized spacial score (nSPS) is 9.62. The number of carbonyl (C=O) groups excluding carboxylic acids is 1. The standard InChI is InChI=1S/C6H6ClN3O3/c7-2-5(12)8-3-1-4(11)10-6(13)9-3/h1H,2H2,(H3,8,9,10,11,12,13). The van der Waals surface area contributed by atoms with E-state index in [0.29, 0.717) is 0 Å². The average Bonchev–Trinajstić information content (AvgIpc) is 2.02. The molecule has 1 rings (SSSR count). The van der Waals surface area contributed by atoms with Gasteiger partial charge in [-0.25, -0.2) is 4.79 Å². The SMILES string of the molecule is O=C(CCl)Nc1cc(=O)[nH]c(=O)[nH]1. The van der Waals surface area contributed by atoms with Gasteiger partial charge in [-0.1, -0.05) is 0 Å². The van der Waals surface area contributed by atoms with Gasteiger partial charge in [0.25, 0.3) is 5.56 Å². The Labute approximate surface area is 76.9 Å². The first kappa shape index (κ1) is 9.53. The Bertz CT molecular complexity index is 393. The number of aromatic amines is 2. The van der Waals surface area contributed by atoms with E-state index in [1.807, 2.05) is 4.98 Å². The average molecular weight is 204 g/mol. The highest BCUT2D eigenvalue weighted by molar-refractivity contribution is 6.28. The molecule has 0 saturated carbocycles. The van der Waals surface area contributed by atoms with E-state index in [-0.39, 0.29) is 11.7 Å². The molecule has 7 heteroatoms. The van der Waals surface area contributed by atoms with E-state index < -0.39 is 17.2 Å². The van der Waals surface area contributed by atoms with E-state index in [9.17, 15) is 14.4 Å². The van der Waals surface area contributed by atoms with Crippen molar-refractivity contribution in [2.45, 2.75) is 0 Å². The van der Waals surface area contributed by atoms with Gasteiger partial charge in [-0.2, -0.15) is 0 Å². The minimum atomic E-state index is -0.683. The number of halogens is 1. The molecule has 0 spiro atoms. The van der Waals surface area contributed by atoms with Crippen molar-refractivity contribution >= 4 is 23.3 Å². The summed E-state index contributed by atoms with van der Waals surface area (Å²) in [6.07, 6.45) is 0. The lowest BCUT2D eigenvalue weighted by molar-refractivity contribution is -0.113. The summed E-state index contributed by atoms with van der Waals surface area (Å²) >= 11 is 5.19. The second-order valence-corrected chi connectivity index (χ2v) is 2.45. The maximum Gasteiger partial charge on any atom is 0.327 e. The van der Waals surface area contributed by atoms with E-state index in [1.165, 1.54) is 0 Å². The lowest BCUT2D eigenvalue weighted by atomic mass is 10.5. The number of alkyl halides is 1. The van der Waals surface area contributed by atoms with Crippen molar-refractivity contribution in [2.24, 2.45) is 0 Å². The summed E-state index contributed by atoms with van der Waals surface area (Å²) in [5.41, 5.74) is -1.27. The second kappa shape index (κ2) is 3.90. The maximum absolute atomic E-state index is 10.7. The molecular weight excluding hydrogens is 198 g/mol. The topological polar surface area (TPSA) is 94.8 Å². The first-order valence-electron chi connectivity index (χ1n) is 3.31. The van der Waals surface area contributed by atoms with E-state index in [1.54, 1.807) is 0 Å². The smallest absolute Gasteiger partial charge is 0.311 e. The van der Waals surface area contributed by atoms with Crippen molar-refractivity contribution in [3.63, 3.8) is 0 Å². The lowest BCUT2D eigenvalue weighted by Gasteiger charge is -1.99. The number of carbonyl (C=O) groups is 1. The fourth-order valence-electron chi connectivity index (χ4n) is 0.720. The van der Waals surface area contributed by atoms with Crippen molar-refractivity contribution < 1.29 is 4.79 Å². The predicted molar refractivity (Wildman–Crippen MR) is 47.0 cm³/mol. The minimum absolute atomic E-state index is 0.0272. The van der Waals surface area contributed by atoms with Gasteiger partial charge in [-0.3, -0.25) is 19.6 Å². The van der Waals surface area contributed by atoms with E-state index in [0.717, 1.165) is 6.07 Å². The first-order valence-corrected chi connectivity index (χ1v) is 3.85. The Kier molecular flexibility index (Phi) is 2.86. The molecule has 70 valence electrons. The molecule has 0 aliphatic heterocycles. The molecule has 0 fully saturated rings. The molecule has 1 aromatic rings. The summed E-state index contributed by atoms with van der Waals surface area (Å²) in [6, 6.07) is 1.05. The summed E-state index contributed by atoms with van der Waals surface area (Å²) < 4.78 is 0. The molecule has 0 bridgehead atoms. The van der Waals surface area contributed by atoms with Gasteiger partial charge in [0.2, 0.25) is 5.91 Å². The zero-order chi connectivity index (χ0) is 9.84. The third-order valence-electron chi connectivity index (χ3n) is 1.16. The summed E-state index contributed by atoms with van der Waals surface area (Å²) in [4.78, 5) is 36.3. The van der Waals surface area contributed by atoms with Gasteiger partial charge >= 0.3 is 5.69 Å². The predicted octanol–water partition coefficient (Wildman–Crippen LogP) is -0.760. The van der Waals surface area contributed by atoms with Crippen LogP contribution in [0.15, 0.2) is 15.7 Å². The third kappa shape index (κ3) is 2.75. The molecule has 6 nitrogen and oxygen atoms in total. The Balaban J connectivity index is 2.96. The van der Waals surface area contributed by atoms with Crippen LogP contribution in [0.25, 0.3) is 0 Å². The van der Waals surface area contributed by atoms with Crippen molar-refractivity contribution in [3.8, 4) is 0 Å². The van der Waals surface area contributed by atoms with Crippen LogP contribution < -0.4 is 16.6 Å². The van der Waals surface area contributed by atoms with Crippen LogP contribution in [0.1, 0.15) is 0 Å². The van der Waals surface area contributed by atoms with Crippen LogP contribution in [0.4, 0.5) is 5.82 Å². The number of rotatable bonds is 2. The Morgan fingerprint density at radius 1 is 1.46 bits per heavy atom. The maximum atomic E-state index is 10.7. The van der Waals surface area contributed by atoms with Crippen molar-refractivity contribution in [3.05, 3.63) is 26.9 Å². The van der Waals surface area contributed by atoms with Crippen molar-refractivity contribution in [1.82, 2.24) is 9.97 Å². The van der Waals surface area contributed by atoms with Crippen LogP contribution in [0, 0.1) is 0 Å². The van der Waals surface area contributed by atoms with Crippen LogP contribution in [0.2, 0.25) is 0 Å². The zero-order valence-electron chi connectivity index (χ0n) is 6.39. The number of anilines is 1. The highest BCUT2D eigenvalue weighted by Gasteiger charge is 2.00. The van der Waals surface area contributed by atoms with Crippen molar-refractivity contribution in [2.75, 3.05) is 11.2 Å². The van der Waals surface area contributed by atoms with Gasteiger partial charge in [-0.15, -0.1) is 11.6 Å². The number of H-pyrrole nitrogens is 2. The molecular formula is C6H6ClN3O3. The minimum Gasteiger partial charge on any atom is -0.311 e. The molecule has 1 aromatic heterocycles. The van der Waals surface area contributed by atoms with Gasteiger partial charge in [0.1, 0.15) is 11.7 Å². The van der Waals surface area contributed by atoms with E-state index in [4.69, 9.17) is 11.6 Å². The number of aromatic nitrogens is 2. The molecule has 0 radical (unpaired) electrons. The Morgan fingerprint density at radius 3 is 2.69 bits per heavy atom. The highest BCUT2D eigenvalue weighted by atomic mass is 35.5. The van der Waals surface area contributed by atoms with Gasteiger partial charge in [0.05, 0.1) is 0 Å². The number of nitrogens with one attached hydrogen (secondary N) is 3. The first-order chi connectivity index (χ1) is 6.11. The number of hydrogen-bond donors (Lipinski definition) is 3. The number of amides is 1. The molecule has 0 aliphatic rings. The molecule has 3 N–H and O–H groups in total. The Morgan fingerprint density at radius 2 is 2.15 bits per heavy atom. The van der Waals surface area contributed by atoms with E-state index in [2.05, 4.69) is 10.3 Å². The molecule has 13 heavy (non-hydrogen) atoms. The van der Waals surface area contributed by atoms with Crippen molar-refractivity contribution in [1.29, 1.82) is 0 Å². The number of hydrogen-bond acceptors (Lipinski definition) is 3. The highest BCUT2D eigenvalue weighted by Crippen LogP contribution is 1.92. The van der Waals surface area contributed by atoms with Crippen LogP contribution in [0.3, 0.4) is 0 Å². The molecule has 0 aromatic carbocycles. The van der Waals surface area contributed by atoms with Crippen LogP contribution in [-0.4, -0.2) is 21.8 Å². The molecule has 0 aliphatic carbocycles.